The first-order chi connectivity index (χ1) is 20.4. The minimum Gasteiger partial charge on any atom is -0.497 e. The fraction of sp³-hybridized carbons (Fsp3) is 0.258. The van der Waals surface area contributed by atoms with Gasteiger partial charge in [-0.1, -0.05) is 24.3 Å². The summed E-state index contributed by atoms with van der Waals surface area (Å²) in [7, 11) is 5.55. The van der Waals surface area contributed by atoms with Crippen LogP contribution in [0.15, 0.2) is 78.2 Å². The van der Waals surface area contributed by atoms with Crippen molar-refractivity contribution in [3.63, 3.8) is 0 Å². The lowest BCUT2D eigenvalue weighted by Crippen LogP contribution is -2.47. The number of carbonyl (C=O) groups is 2. The van der Waals surface area contributed by atoms with Crippen LogP contribution in [0.25, 0.3) is 22.3 Å². The van der Waals surface area contributed by atoms with Gasteiger partial charge in [0.25, 0.3) is 0 Å². The van der Waals surface area contributed by atoms with Crippen molar-refractivity contribution in [1.29, 1.82) is 0 Å². The van der Waals surface area contributed by atoms with Gasteiger partial charge in [0.2, 0.25) is 11.8 Å². The Morgan fingerprint density at radius 3 is 2.45 bits per heavy atom. The molecule has 1 N–H and O–H groups in total. The maximum atomic E-state index is 13.9. The molecule has 0 saturated heterocycles. The molecular formula is C31H33N7O3S. The van der Waals surface area contributed by atoms with E-state index in [9.17, 15) is 9.59 Å². The second-order valence-corrected chi connectivity index (χ2v) is 10.9. The molecule has 0 bridgehead atoms. The molecule has 42 heavy (non-hydrogen) atoms. The monoisotopic (exact) mass is 583 g/mol. The van der Waals surface area contributed by atoms with Gasteiger partial charge in [0.15, 0.2) is 0 Å². The summed E-state index contributed by atoms with van der Waals surface area (Å²) in [4.78, 5) is 35.9. The number of para-hydroxylation sites is 1. The first-order valence-electron chi connectivity index (χ1n) is 13.6. The van der Waals surface area contributed by atoms with Gasteiger partial charge in [0, 0.05) is 36.4 Å². The summed E-state index contributed by atoms with van der Waals surface area (Å²) in [6, 6.07) is 22.0. The Morgan fingerprint density at radius 1 is 1.02 bits per heavy atom. The standard InChI is InChI=1S/C31H33N7O3S/c1-5-27(31(40)32-22-12-14-23(15-13-22)36(2)3)37(30(39)19-38-28-9-7-6-8-25(28)34-35-38)18-29-33-26(20-42-29)21-10-16-24(41-4)17-11-21/h6-17,20,27H,5,18-19H2,1-4H3,(H,32,40). The van der Waals surface area contributed by atoms with Crippen LogP contribution in [0.4, 0.5) is 11.4 Å². The quantitative estimate of drug-likeness (QED) is 0.231. The third-order valence-corrected chi connectivity index (χ3v) is 7.82. The Bertz CT molecular complexity index is 1660. The molecule has 0 aliphatic heterocycles. The number of methoxy groups -OCH3 is 1. The van der Waals surface area contributed by atoms with Crippen molar-refractivity contribution >= 4 is 45.6 Å². The Kier molecular flexibility index (Phi) is 8.77. The number of hydrogen-bond acceptors (Lipinski definition) is 8. The highest BCUT2D eigenvalue weighted by atomic mass is 32.1. The molecule has 10 nitrogen and oxygen atoms in total. The summed E-state index contributed by atoms with van der Waals surface area (Å²) < 4.78 is 6.83. The van der Waals surface area contributed by atoms with Crippen LogP contribution in [0.3, 0.4) is 0 Å². The molecule has 0 radical (unpaired) electrons. The van der Waals surface area contributed by atoms with E-state index in [0.29, 0.717) is 17.6 Å². The Balaban J connectivity index is 1.41. The SMILES string of the molecule is CCC(C(=O)Nc1ccc(N(C)C)cc1)N(Cc1nc(-c2ccc(OC)cc2)cs1)C(=O)Cn1nnc2ccccc21. The number of thiazole rings is 1. The number of rotatable bonds is 11. The van der Waals surface area contributed by atoms with Crippen molar-refractivity contribution in [1.82, 2.24) is 24.9 Å². The average molecular weight is 584 g/mol. The second kappa shape index (κ2) is 12.8. The number of carbonyl (C=O) groups excluding carboxylic acids is 2. The van der Waals surface area contributed by atoms with Crippen LogP contribution in [0.2, 0.25) is 0 Å². The van der Waals surface area contributed by atoms with Gasteiger partial charge in [-0.2, -0.15) is 0 Å². The number of amides is 2. The van der Waals surface area contributed by atoms with E-state index in [4.69, 9.17) is 9.72 Å². The van der Waals surface area contributed by atoms with Crippen molar-refractivity contribution in [2.75, 3.05) is 31.4 Å². The lowest BCUT2D eigenvalue weighted by atomic mass is 10.1. The zero-order chi connectivity index (χ0) is 29.6. The number of nitrogens with zero attached hydrogens (tertiary/aromatic N) is 6. The van der Waals surface area contributed by atoms with Gasteiger partial charge in [-0.15, -0.1) is 16.4 Å². The van der Waals surface area contributed by atoms with Crippen molar-refractivity contribution in [3.05, 3.63) is 83.2 Å². The summed E-state index contributed by atoms with van der Waals surface area (Å²) in [6.07, 6.45) is 0.419. The molecule has 0 aliphatic rings. The van der Waals surface area contributed by atoms with Crippen LogP contribution in [-0.4, -0.2) is 63.9 Å². The molecule has 2 aromatic heterocycles. The molecule has 0 fully saturated rings. The zero-order valence-corrected chi connectivity index (χ0v) is 24.8. The van der Waals surface area contributed by atoms with Gasteiger partial charge in [0.1, 0.15) is 28.9 Å². The van der Waals surface area contributed by atoms with E-state index < -0.39 is 6.04 Å². The van der Waals surface area contributed by atoms with Crippen LogP contribution in [0.1, 0.15) is 18.4 Å². The van der Waals surface area contributed by atoms with Gasteiger partial charge in [-0.25, -0.2) is 9.67 Å². The normalized spacial score (nSPS) is 11.7. The number of anilines is 2. The highest BCUT2D eigenvalue weighted by Gasteiger charge is 2.30. The first kappa shape index (κ1) is 28.7. The molecule has 3 aromatic carbocycles. The van der Waals surface area contributed by atoms with Crippen molar-refractivity contribution < 1.29 is 14.3 Å². The van der Waals surface area contributed by atoms with E-state index in [1.165, 1.54) is 11.3 Å². The van der Waals surface area contributed by atoms with Crippen LogP contribution in [0, 0.1) is 0 Å². The van der Waals surface area contributed by atoms with E-state index in [1.54, 1.807) is 16.7 Å². The van der Waals surface area contributed by atoms with E-state index in [2.05, 4.69) is 15.6 Å². The third-order valence-electron chi connectivity index (χ3n) is 6.99. The summed E-state index contributed by atoms with van der Waals surface area (Å²) in [6.45, 7) is 2.02. The van der Waals surface area contributed by atoms with Crippen LogP contribution < -0.4 is 15.0 Å². The van der Waals surface area contributed by atoms with E-state index in [-0.39, 0.29) is 24.9 Å². The molecule has 5 rings (SSSR count). The van der Waals surface area contributed by atoms with E-state index >= 15 is 0 Å². The van der Waals surface area contributed by atoms with E-state index in [0.717, 1.165) is 33.2 Å². The molecule has 216 valence electrons. The minimum absolute atomic E-state index is 0.0570. The maximum absolute atomic E-state index is 13.9. The molecule has 1 unspecified atom stereocenters. The predicted molar refractivity (Wildman–Crippen MR) is 166 cm³/mol. The Hall–Kier alpha value is -4.77. The highest BCUT2D eigenvalue weighted by Crippen LogP contribution is 2.26. The molecule has 5 aromatic rings. The smallest absolute Gasteiger partial charge is 0.247 e. The lowest BCUT2D eigenvalue weighted by molar-refractivity contribution is -0.140. The number of fused-ring (bicyclic) bond motifs is 1. The molecule has 0 aliphatic carbocycles. The third kappa shape index (κ3) is 6.41. The van der Waals surface area contributed by atoms with E-state index in [1.807, 2.05) is 104 Å². The number of aromatic nitrogens is 4. The minimum atomic E-state index is -0.728. The zero-order valence-electron chi connectivity index (χ0n) is 24.0. The number of hydrogen-bond donors (Lipinski definition) is 1. The van der Waals surface area contributed by atoms with Crippen molar-refractivity contribution in [3.8, 4) is 17.0 Å². The number of ether oxygens (including phenoxy) is 1. The Labute approximate surface area is 248 Å². The molecule has 1 atom stereocenters. The maximum Gasteiger partial charge on any atom is 0.247 e. The Morgan fingerprint density at radius 2 is 1.76 bits per heavy atom. The van der Waals surface area contributed by atoms with Gasteiger partial charge in [-0.05, 0) is 67.1 Å². The average Bonchev–Trinajstić information content (AvgIpc) is 3.64. The molecule has 2 heterocycles. The fourth-order valence-corrected chi connectivity index (χ4v) is 5.47. The van der Waals surface area contributed by atoms with Gasteiger partial charge >= 0.3 is 0 Å². The summed E-state index contributed by atoms with van der Waals surface area (Å²) >= 11 is 1.45. The molecule has 11 heteroatoms. The first-order valence-corrected chi connectivity index (χ1v) is 14.5. The summed E-state index contributed by atoms with van der Waals surface area (Å²) in [5.74, 6) is 0.246. The largest absolute Gasteiger partial charge is 0.497 e. The fourth-order valence-electron chi connectivity index (χ4n) is 4.66. The van der Waals surface area contributed by atoms with Crippen LogP contribution in [0.5, 0.6) is 5.75 Å². The molecule has 0 spiro atoms. The van der Waals surface area contributed by atoms with Crippen LogP contribution in [-0.2, 0) is 22.7 Å². The van der Waals surface area contributed by atoms with Gasteiger partial charge < -0.3 is 19.9 Å². The summed E-state index contributed by atoms with van der Waals surface area (Å²) in [5.41, 5.74) is 4.87. The predicted octanol–water partition coefficient (Wildman–Crippen LogP) is 5.08. The topological polar surface area (TPSA) is 105 Å². The molecule has 2 amide bonds. The van der Waals surface area contributed by atoms with Crippen molar-refractivity contribution in [2.45, 2.75) is 32.5 Å². The van der Waals surface area contributed by atoms with Crippen molar-refractivity contribution in [2.24, 2.45) is 0 Å². The van der Waals surface area contributed by atoms with Gasteiger partial charge in [0.05, 0.1) is 24.9 Å². The highest BCUT2D eigenvalue weighted by molar-refractivity contribution is 7.09. The lowest BCUT2D eigenvalue weighted by Gasteiger charge is -2.30. The second-order valence-electron chi connectivity index (χ2n) is 9.97. The number of benzene rings is 3. The molecular weight excluding hydrogens is 550 g/mol. The molecule has 0 saturated carbocycles. The van der Waals surface area contributed by atoms with Crippen LogP contribution >= 0.6 is 11.3 Å². The summed E-state index contributed by atoms with van der Waals surface area (Å²) in [5, 5.41) is 14.0. The number of nitrogens with one attached hydrogen (secondary N) is 1. The van der Waals surface area contributed by atoms with Gasteiger partial charge in [-0.3, -0.25) is 9.59 Å².